The summed E-state index contributed by atoms with van der Waals surface area (Å²) < 4.78 is 0. The van der Waals surface area contributed by atoms with Crippen LogP contribution >= 0.6 is 0 Å². The summed E-state index contributed by atoms with van der Waals surface area (Å²) >= 11 is 0. The van der Waals surface area contributed by atoms with Crippen molar-refractivity contribution >= 4 is 0 Å². The normalized spacial score (nSPS) is 12.7. The van der Waals surface area contributed by atoms with Gasteiger partial charge in [-0.1, -0.05) is 32.8 Å². The minimum absolute atomic E-state index is 0.427. The molecule has 1 atom stereocenters. The van der Waals surface area contributed by atoms with Crippen LogP contribution in [-0.4, -0.2) is 11.5 Å². The van der Waals surface area contributed by atoms with Crippen LogP contribution in [0.25, 0.3) is 0 Å². The molecule has 0 bridgehead atoms. The van der Waals surface area contributed by atoms with Crippen LogP contribution in [0.4, 0.5) is 0 Å². The van der Waals surface area contributed by atoms with Crippen molar-refractivity contribution in [2.24, 2.45) is 0 Å². The van der Waals surface area contributed by atoms with E-state index >= 15 is 0 Å². The maximum absolute atomic E-state index is 4.49. The number of unbranched alkanes of at least 4 members (excludes halogenated alkanes) is 1. The molecule has 0 radical (unpaired) electrons. The number of rotatable bonds is 6. The zero-order valence-electron chi connectivity index (χ0n) is 10.1. The Hall–Kier alpha value is -0.890. The number of pyridine rings is 1. The monoisotopic (exact) mass is 206 g/mol. The third-order valence-electron chi connectivity index (χ3n) is 2.68. The molecule has 2 nitrogen and oxygen atoms in total. The smallest absolute Gasteiger partial charge is 0.0602 e. The fraction of sp³-hybridized carbons (Fsp3) is 0.615. The Morgan fingerprint density at radius 1 is 1.40 bits per heavy atom. The molecule has 0 spiro atoms. The highest BCUT2D eigenvalue weighted by Crippen LogP contribution is 2.20. The van der Waals surface area contributed by atoms with Gasteiger partial charge in [-0.3, -0.25) is 4.98 Å². The van der Waals surface area contributed by atoms with Gasteiger partial charge < -0.3 is 5.32 Å². The van der Waals surface area contributed by atoms with E-state index in [9.17, 15) is 0 Å². The van der Waals surface area contributed by atoms with Gasteiger partial charge in [0.25, 0.3) is 0 Å². The van der Waals surface area contributed by atoms with E-state index < -0.39 is 0 Å². The molecule has 0 aromatic carbocycles. The van der Waals surface area contributed by atoms with Crippen molar-refractivity contribution in [2.75, 3.05) is 6.54 Å². The van der Waals surface area contributed by atoms with Crippen molar-refractivity contribution in [2.45, 2.75) is 46.1 Å². The van der Waals surface area contributed by atoms with E-state index in [-0.39, 0.29) is 0 Å². The first-order valence-corrected chi connectivity index (χ1v) is 5.94. The standard InChI is InChI=1S/C13H22N2/c1-4-6-9-12(14-5-2)13-11(3)8-7-10-15-13/h7-8,10,12,14H,4-6,9H2,1-3H3. The Morgan fingerprint density at radius 2 is 2.20 bits per heavy atom. The molecule has 1 unspecified atom stereocenters. The van der Waals surface area contributed by atoms with Gasteiger partial charge >= 0.3 is 0 Å². The Kier molecular flexibility index (Phi) is 5.33. The van der Waals surface area contributed by atoms with Crippen LogP contribution in [0, 0.1) is 6.92 Å². The van der Waals surface area contributed by atoms with E-state index in [2.05, 4.69) is 37.1 Å². The van der Waals surface area contributed by atoms with Crippen molar-refractivity contribution in [1.29, 1.82) is 0 Å². The van der Waals surface area contributed by atoms with E-state index in [1.165, 1.54) is 30.5 Å². The topological polar surface area (TPSA) is 24.9 Å². The molecule has 2 heteroatoms. The summed E-state index contributed by atoms with van der Waals surface area (Å²) in [6, 6.07) is 4.57. The van der Waals surface area contributed by atoms with E-state index in [0.29, 0.717) is 6.04 Å². The molecule has 1 N–H and O–H groups in total. The summed E-state index contributed by atoms with van der Waals surface area (Å²) in [5, 5.41) is 3.51. The molecule has 0 aliphatic carbocycles. The average Bonchev–Trinajstić information content (AvgIpc) is 2.25. The number of nitrogens with one attached hydrogen (secondary N) is 1. The lowest BCUT2D eigenvalue weighted by Gasteiger charge is -2.18. The number of hydrogen-bond donors (Lipinski definition) is 1. The van der Waals surface area contributed by atoms with Gasteiger partial charge in [-0.2, -0.15) is 0 Å². The van der Waals surface area contributed by atoms with Gasteiger partial charge in [-0.15, -0.1) is 0 Å². The van der Waals surface area contributed by atoms with Crippen LogP contribution in [0.2, 0.25) is 0 Å². The second kappa shape index (κ2) is 6.57. The molecule has 0 saturated carbocycles. The third kappa shape index (κ3) is 3.63. The first-order chi connectivity index (χ1) is 7.29. The van der Waals surface area contributed by atoms with Gasteiger partial charge in [0.2, 0.25) is 0 Å². The fourth-order valence-electron chi connectivity index (χ4n) is 1.85. The lowest BCUT2D eigenvalue weighted by molar-refractivity contribution is 0.482. The molecule has 84 valence electrons. The molecule has 0 aliphatic rings. The summed E-state index contributed by atoms with van der Waals surface area (Å²) in [5.41, 5.74) is 2.51. The van der Waals surface area contributed by atoms with Crippen molar-refractivity contribution in [1.82, 2.24) is 10.3 Å². The minimum atomic E-state index is 0.427. The maximum atomic E-state index is 4.49. The number of aromatic nitrogens is 1. The van der Waals surface area contributed by atoms with Crippen molar-refractivity contribution in [3.8, 4) is 0 Å². The Bertz CT molecular complexity index is 284. The molecule has 1 rings (SSSR count). The van der Waals surface area contributed by atoms with Crippen molar-refractivity contribution in [3.05, 3.63) is 29.6 Å². The van der Waals surface area contributed by atoms with Crippen LogP contribution in [0.15, 0.2) is 18.3 Å². The van der Waals surface area contributed by atoms with Gasteiger partial charge in [0.1, 0.15) is 0 Å². The van der Waals surface area contributed by atoms with E-state index in [1.807, 2.05) is 12.3 Å². The number of hydrogen-bond acceptors (Lipinski definition) is 2. The molecule has 0 saturated heterocycles. The second-order valence-corrected chi connectivity index (χ2v) is 3.96. The quantitative estimate of drug-likeness (QED) is 0.773. The number of nitrogens with zero attached hydrogens (tertiary/aromatic N) is 1. The van der Waals surface area contributed by atoms with Crippen LogP contribution in [0.5, 0.6) is 0 Å². The highest BCUT2D eigenvalue weighted by molar-refractivity contribution is 5.20. The highest BCUT2D eigenvalue weighted by Gasteiger charge is 2.12. The molecule has 1 aromatic heterocycles. The maximum Gasteiger partial charge on any atom is 0.0602 e. The summed E-state index contributed by atoms with van der Waals surface area (Å²) in [7, 11) is 0. The van der Waals surface area contributed by atoms with E-state index in [1.54, 1.807) is 0 Å². The summed E-state index contributed by atoms with van der Waals surface area (Å²) in [4.78, 5) is 4.49. The molecule has 0 amide bonds. The summed E-state index contributed by atoms with van der Waals surface area (Å²) in [6.07, 6.45) is 5.57. The molecule has 0 fully saturated rings. The lowest BCUT2D eigenvalue weighted by atomic mass is 10.0. The molecular weight excluding hydrogens is 184 g/mol. The molecular formula is C13H22N2. The Balaban J connectivity index is 2.74. The highest BCUT2D eigenvalue weighted by atomic mass is 14.9. The first kappa shape index (κ1) is 12.2. The van der Waals surface area contributed by atoms with Gasteiger partial charge in [0, 0.05) is 12.2 Å². The van der Waals surface area contributed by atoms with Gasteiger partial charge in [-0.05, 0) is 31.5 Å². The fourth-order valence-corrected chi connectivity index (χ4v) is 1.85. The zero-order valence-corrected chi connectivity index (χ0v) is 10.1. The minimum Gasteiger partial charge on any atom is -0.309 e. The average molecular weight is 206 g/mol. The first-order valence-electron chi connectivity index (χ1n) is 5.94. The predicted octanol–water partition coefficient (Wildman–Crippen LogP) is 3.23. The Labute approximate surface area is 93.1 Å². The SMILES string of the molecule is CCCCC(NCC)c1ncccc1C. The van der Waals surface area contributed by atoms with E-state index in [0.717, 1.165) is 6.54 Å². The molecule has 15 heavy (non-hydrogen) atoms. The van der Waals surface area contributed by atoms with Crippen molar-refractivity contribution in [3.63, 3.8) is 0 Å². The largest absolute Gasteiger partial charge is 0.309 e. The molecule has 0 aliphatic heterocycles. The summed E-state index contributed by atoms with van der Waals surface area (Å²) in [5.74, 6) is 0. The predicted molar refractivity (Wildman–Crippen MR) is 64.9 cm³/mol. The van der Waals surface area contributed by atoms with Crippen molar-refractivity contribution < 1.29 is 0 Å². The third-order valence-corrected chi connectivity index (χ3v) is 2.68. The van der Waals surface area contributed by atoms with Gasteiger partial charge in [0.15, 0.2) is 0 Å². The lowest BCUT2D eigenvalue weighted by Crippen LogP contribution is -2.22. The Morgan fingerprint density at radius 3 is 2.80 bits per heavy atom. The summed E-state index contributed by atoms with van der Waals surface area (Å²) in [6.45, 7) is 7.52. The van der Waals surface area contributed by atoms with Crippen LogP contribution in [0.3, 0.4) is 0 Å². The second-order valence-electron chi connectivity index (χ2n) is 3.96. The zero-order chi connectivity index (χ0) is 11.1. The number of aryl methyl sites for hydroxylation is 1. The van der Waals surface area contributed by atoms with Crippen LogP contribution in [0.1, 0.15) is 50.4 Å². The van der Waals surface area contributed by atoms with Crippen LogP contribution < -0.4 is 5.32 Å². The molecule has 1 heterocycles. The van der Waals surface area contributed by atoms with Gasteiger partial charge in [-0.25, -0.2) is 0 Å². The van der Waals surface area contributed by atoms with Crippen LogP contribution in [-0.2, 0) is 0 Å². The molecule has 1 aromatic rings. The van der Waals surface area contributed by atoms with Gasteiger partial charge in [0.05, 0.1) is 5.69 Å². The van der Waals surface area contributed by atoms with E-state index in [4.69, 9.17) is 0 Å².